The zero-order valence-electron chi connectivity index (χ0n) is 10.1. The number of piperidine rings is 2. The van der Waals surface area contributed by atoms with Crippen LogP contribution in [-0.4, -0.2) is 46.7 Å². The normalized spacial score (nSPS) is 21.3. The van der Waals surface area contributed by atoms with E-state index in [0.29, 0.717) is 0 Å². The van der Waals surface area contributed by atoms with E-state index < -0.39 is 0 Å². The molecule has 0 radical (unpaired) electrons. The molecule has 0 unspecified atom stereocenters. The molecule has 0 aromatic carbocycles. The van der Waals surface area contributed by atoms with Crippen LogP contribution in [0.25, 0.3) is 0 Å². The molecule has 0 aliphatic carbocycles. The Morgan fingerprint density at radius 2 is 0.882 bits per heavy atom. The number of hydroxylamine groups is 4. The molecule has 2 aliphatic rings. The summed E-state index contributed by atoms with van der Waals surface area (Å²) in [6.45, 7) is 3.50. The molecule has 0 bridgehead atoms. The number of hydrogen-bond donors (Lipinski definition) is 2. The van der Waals surface area contributed by atoms with Crippen molar-refractivity contribution in [2.75, 3.05) is 26.2 Å². The average molecular weight is 362 g/mol. The van der Waals surface area contributed by atoms with Gasteiger partial charge in [0.1, 0.15) is 0 Å². The monoisotopic (exact) mass is 364 g/mol. The van der Waals surface area contributed by atoms with Crippen LogP contribution in [0, 0.1) is 0 Å². The Morgan fingerprint density at radius 3 is 1.00 bits per heavy atom. The molecule has 0 spiro atoms. The molecule has 0 amide bonds. The molecule has 17 heavy (non-hydrogen) atoms. The summed E-state index contributed by atoms with van der Waals surface area (Å²) in [5.41, 5.74) is 0. The van der Waals surface area contributed by atoms with E-state index in [4.69, 9.17) is 10.4 Å². The van der Waals surface area contributed by atoms with Gasteiger partial charge < -0.3 is 10.4 Å². The summed E-state index contributed by atoms with van der Waals surface area (Å²) >= 11 is -0.363. The summed E-state index contributed by atoms with van der Waals surface area (Å²) in [7, 11) is 8.68. The van der Waals surface area contributed by atoms with Crippen molar-refractivity contribution in [3.8, 4) is 0 Å². The second-order valence-electron chi connectivity index (χ2n) is 4.10. The second-order valence-corrected chi connectivity index (χ2v) is 7.65. The Kier molecular flexibility index (Phi) is 14.2. The summed E-state index contributed by atoms with van der Waals surface area (Å²) in [6.07, 6.45) is 7.23. The van der Waals surface area contributed by atoms with Gasteiger partial charge in [-0.15, -0.1) is 0 Å². The van der Waals surface area contributed by atoms with E-state index >= 15 is 0 Å². The van der Waals surface area contributed by atoms with E-state index in [2.05, 4.69) is 19.6 Å². The number of nitrogens with zero attached hydrogens (tertiary/aromatic N) is 2. The molecule has 100 valence electrons. The third kappa shape index (κ3) is 13.2. The van der Waals surface area contributed by atoms with Gasteiger partial charge in [0, 0.05) is 26.2 Å². The SMILES string of the molecule is ON1CCCCC1.ON1CCCCC1.[S]=[Mo+2]=[S]. The molecule has 0 atom stereocenters. The van der Waals surface area contributed by atoms with Crippen molar-refractivity contribution in [3.63, 3.8) is 0 Å². The van der Waals surface area contributed by atoms with Gasteiger partial charge in [-0.05, 0) is 25.7 Å². The molecule has 4 nitrogen and oxygen atoms in total. The standard InChI is InChI=1S/2C5H11NO.Mo.2S/c2*7-6-4-2-1-3-5-6;;;/h2*7H,1-5H2;;;/q;;+2;;. The van der Waals surface area contributed by atoms with Gasteiger partial charge in [0.25, 0.3) is 0 Å². The first-order valence-corrected chi connectivity index (χ1v) is 11.6. The number of hydrogen-bond acceptors (Lipinski definition) is 6. The van der Waals surface area contributed by atoms with E-state index in [1.807, 2.05) is 0 Å². The molecular formula is C10H22MoN2O2S2+2. The Hall–Kier alpha value is 0.968. The van der Waals surface area contributed by atoms with E-state index in [1.54, 1.807) is 0 Å². The van der Waals surface area contributed by atoms with Gasteiger partial charge in [-0.2, -0.15) is 10.1 Å². The summed E-state index contributed by atoms with van der Waals surface area (Å²) < 4.78 is 0. The third-order valence-electron chi connectivity index (χ3n) is 2.66. The van der Waals surface area contributed by atoms with Gasteiger partial charge >= 0.3 is 34.6 Å². The van der Waals surface area contributed by atoms with Crippen molar-refractivity contribution in [3.05, 3.63) is 0 Å². The molecule has 2 fully saturated rings. The Balaban J connectivity index is 0.000000247. The van der Waals surface area contributed by atoms with Crippen molar-refractivity contribution >= 4 is 19.6 Å². The second kappa shape index (κ2) is 13.4. The summed E-state index contributed by atoms with van der Waals surface area (Å²) in [6, 6.07) is 0. The van der Waals surface area contributed by atoms with Crippen LogP contribution < -0.4 is 0 Å². The van der Waals surface area contributed by atoms with Crippen molar-refractivity contribution in [2.24, 2.45) is 0 Å². The van der Waals surface area contributed by atoms with E-state index in [-0.39, 0.29) is 14.9 Å². The Labute approximate surface area is 119 Å². The molecule has 2 N–H and O–H groups in total. The minimum absolute atomic E-state index is 0.363. The summed E-state index contributed by atoms with van der Waals surface area (Å²) in [5.74, 6) is 0. The van der Waals surface area contributed by atoms with Crippen LogP contribution in [0.1, 0.15) is 38.5 Å². The van der Waals surface area contributed by atoms with Crippen LogP contribution in [0.2, 0.25) is 0 Å². The molecule has 2 heterocycles. The predicted octanol–water partition coefficient (Wildman–Crippen LogP) is 3.02. The summed E-state index contributed by atoms with van der Waals surface area (Å²) in [4.78, 5) is 0. The zero-order chi connectivity index (χ0) is 12.9. The van der Waals surface area contributed by atoms with Gasteiger partial charge in [-0.3, -0.25) is 0 Å². The molecule has 0 aromatic rings. The maximum atomic E-state index is 8.74. The van der Waals surface area contributed by atoms with Crippen molar-refractivity contribution in [2.45, 2.75) is 38.5 Å². The molecule has 7 heteroatoms. The van der Waals surface area contributed by atoms with Gasteiger partial charge in [-0.25, -0.2) is 0 Å². The first-order valence-electron chi connectivity index (χ1n) is 6.00. The van der Waals surface area contributed by atoms with Crippen LogP contribution in [0.5, 0.6) is 0 Å². The zero-order valence-corrected chi connectivity index (χ0v) is 13.7. The van der Waals surface area contributed by atoms with E-state index in [9.17, 15) is 0 Å². The Bertz CT molecular complexity index is 188. The van der Waals surface area contributed by atoms with Gasteiger partial charge in [-0.1, -0.05) is 12.8 Å². The summed E-state index contributed by atoms with van der Waals surface area (Å²) in [5, 5.41) is 20.3. The fourth-order valence-corrected chi connectivity index (χ4v) is 1.75. The maximum absolute atomic E-state index is 8.74. The molecule has 2 rings (SSSR count). The topological polar surface area (TPSA) is 46.9 Å². The van der Waals surface area contributed by atoms with Gasteiger partial charge in [0.15, 0.2) is 0 Å². The molecular weight excluding hydrogens is 340 g/mol. The third-order valence-corrected chi connectivity index (χ3v) is 2.66. The van der Waals surface area contributed by atoms with Crippen molar-refractivity contribution in [1.29, 1.82) is 0 Å². The van der Waals surface area contributed by atoms with Crippen LogP contribution >= 0.6 is 19.6 Å². The van der Waals surface area contributed by atoms with Crippen LogP contribution in [0.15, 0.2) is 0 Å². The molecule has 2 saturated heterocycles. The molecule has 0 aromatic heterocycles. The first-order chi connectivity index (χ1) is 8.20. The first kappa shape index (κ1) is 18.0. The minimum atomic E-state index is -0.363. The van der Waals surface area contributed by atoms with Crippen molar-refractivity contribution in [1.82, 2.24) is 10.1 Å². The predicted molar refractivity (Wildman–Crippen MR) is 69.6 cm³/mol. The van der Waals surface area contributed by atoms with E-state index in [1.165, 1.54) is 23.0 Å². The number of rotatable bonds is 0. The molecule has 0 saturated carbocycles. The quantitative estimate of drug-likeness (QED) is 0.646. The fraction of sp³-hybridized carbons (Fsp3) is 1.00. The van der Waals surface area contributed by atoms with Gasteiger partial charge in [0.2, 0.25) is 0 Å². The van der Waals surface area contributed by atoms with Gasteiger partial charge in [0.05, 0.1) is 0 Å². The van der Waals surface area contributed by atoms with Crippen LogP contribution in [0.3, 0.4) is 0 Å². The molecule has 2 aliphatic heterocycles. The van der Waals surface area contributed by atoms with Crippen LogP contribution in [0.4, 0.5) is 0 Å². The average Bonchev–Trinajstić information content (AvgIpc) is 2.33. The van der Waals surface area contributed by atoms with Crippen molar-refractivity contribution < 1.29 is 25.3 Å². The Morgan fingerprint density at radius 1 is 0.647 bits per heavy atom. The fourth-order valence-electron chi connectivity index (χ4n) is 1.75. The van der Waals surface area contributed by atoms with E-state index in [0.717, 1.165) is 51.9 Å². The van der Waals surface area contributed by atoms with Crippen LogP contribution in [-0.2, 0) is 14.9 Å².